The highest BCUT2D eigenvalue weighted by atomic mass is 16.4. The SMILES string of the molecule is CC(C)C[C@H](NC(=O)[C@@H](NC(=O)[C@H](C)NC(=O)[C@@H](NC(=O)[C@@H](NC(=O)[C@H](CC(N)=O)NC(=O)[C@H](Cc1ccccc1)NC(=O)[C@H](CC(C)C)NC(=O)[C@@H](N)CO)[C@@H](C)O)C(C)C)[C@@H](C)O)C(=O)O. The first-order valence-electron chi connectivity index (χ1n) is 22.3. The number of aliphatic hydroxyl groups excluding tert-OH is 3. The molecule has 0 aliphatic heterocycles. The molecule has 1 rings (SSSR count). The van der Waals surface area contributed by atoms with Crippen LogP contribution in [-0.4, -0.2) is 153 Å². The first-order chi connectivity index (χ1) is 31.6. The van der Waals surface area contributed by atoms with Crippen LogP contribution in [0.15, 0.2) is 30.3 Å². The topological polar surface area (TPSA) is 400 Å². The monoisotopic (exact) mass is 965 g/mol. The Morgan fingerprint density at radius 2 is 0.926 bits per heavy atom. The van der Waals surface area contributed by atoms with Gasteiger partial charge < -0.3 is 74.4 Å². The van der Waals surface area contributed by atoms with Crippen molar-refractivity contribution in [3.63, 3.8) is 0 Å². The lowest BCUT2D eigenvalue weighted by Gasteiger charge is -2.29. The minimum atomic E-state index is -1.83. The zero-order chi connectivity index (χ0) is 52.2. The van der Waals surface area contributed by atoms with Crippen molar-refractivity contribution in [2.45, 2.75) is 155 Å². The van der Waals surface area contributed by atoms with Crippen molar-refractivity contribution in [2.75, 3.05) is 6.61 Å². The minimum Gasteiger partial charge on any atom is -0.480 e. The molecule has 16 N–H and O–H groups in total. The summed E-state index contributed by atoms with van der Waals surface area (Å²) in [5.41, 5.74) is 11.6. The molecule has 68 heavy (non-hydrogen) atoms. The molecule has 0 radical (unpaired) electrons. The van der Waals surface area contributed by atoms with Crippen molar-refractivity contribution < 1.29 is 68.4 Å². The Hall–Kier alpha value is -6.24. The third kappa shape index (κ3) is 20.7. The highest BCUT2D eigenvalue weighted by Crippen LogP contribution is 2.11. The summed E-state index contributed by atoms with van der Waals surface area (Å²) in [6.07, 6.45) is -3.97. The zero-order valence-corrected chi connectivity index (χ0v) is 40.0. The van der Waals surface area contributed by atoms with E-state index in [9.17, 15) is 68.4 Å². The van der Waals surface area contributed by atoms with Crippen molar-refractivity contribution in [1.29, 1.82) is 0 Å². The van der Waals surface area contributed by atoms with E-state index in [1.165, 1.54) is 27.7 Å². The summed E-state index contributed by atoms with van der Waals surface area (Å²) in [5.74, 6) is -11.2. The van der Waals surface area contributed by atoms with Gasteiger partial charge in [0.15, 0.2) is 0 Å². The van der Waals surface area contributed by atoms with Gasteiger partial charge in [0.2, 0.25) is 53.2 Å². The Labute approximate surface area is 395 Å². The molecule has 0 unspecified atom stereocenters. The molecule has 11 atom stereocenters. The Bertz CT molecular complexity index is 1900. The summed E-state index contributed by atoms with van der Waals surface area (Å²) in [7, 11) is 0. The number of benzene rings is 1. The van der Waals surface area contributed by atoms with Crippen LogP contribution in [-0.2, 0) is 54.4 Å². The maximum absolute atomic E-state index is 14.0. The number of carbonyl (C=O) groups is 10. The maximum Gasteiger partial charge on any atom is 0.326 e. The third-order valence-corrected chi connectivity index (χ3v) is 10.3. The number of hydrogen-bond donors (Lipinski definition) is 14. The van der Waals surface area contributed by atoms with Gasteiger partial charge in [0.05, 0.1) is 25.2 Å². The molecular weight excluding hydrogens is 893 g/mol. The smallest absolute Gasteiger partial charge is 0.326 e. The first kappa shape index (κ1) is 59.8. The molecule has 24 nitrogen and oxygen atoms in total. The molecule has 0 aromatic heterocycles. The van der Waals surface area contributed by atoms with Crippen molar-refractivity contribution in [3.8, 4) is 0 Å². The van der Waals surface area contributed by atoms with E-state index < -0.39 is 145 Å². The Morgan fingerprint density at radius 3 is 1.40 bits per heavy atom. The van der Waals surface area contributed by atoms with Gasteiger partial charge in [-0.1, -0.05) is 71.9 Å². The van der Waals surface area contributed by atoms with E-state index in [0.29, 0.717) is 5.56 Å². The Kier molecular flexibility index (Phi) is 25.3. The molecule has 0 aliphatic rings. The number of amides is 9. The molecule has 0 heterocycles. The number of carboxylic acid groups (broad SMARTS) is 1. The van der Waals surface area contributed by atoms with Crippen molar-refractivity contribution in [1.82, 2.24) is 42.5 Å². The zero-order valence-electron chi connectivity index (χ0n) is 40.0. The van der Waals surface area contributed by atoms with Crippen LogP contribution in [0, 0.1) is 17.8 Å². The Morgan fingerprint density at radius 1 is 0.515 bits per heavy atom. The average molecular weight is 965 g/mol. The minimum absolute atomic E-state index is 0.0603. The van der Waals surface area contributed by atoms with Gasteiger partial charge in [0, 0.05) is 6.42 Å². The van der Waals surface area contributed by atoms with Crippen LogP contribution >= 0.6 is 0 Å². The second kappa shape index (κ2) is 28.8. The van der Waals surface area contributed by atoms with Crippen LogP contribution in [0.25, 0.3) is 0 Å². The predicted octanol–water partition coefficient (Wildman–Crippen LogP) is -4.08. The molecule has 0 spiro atoms. The number of rotatable bonds is 29. The van der Waals surface area contributed by atoms with Gasteiger partial charge in [-0.25, -0.2) is 4.79 Å². The van der Waals surface area contributed by atoms with Crippen LogP contribution < -0.4 is 54.0 Å². The van der Waals surface area contributed by atoms with Crippen LogP contribution in [0.3, 0.4) is 0 Å². The number of nitrogens with two attached hydrogens (primary N) is 2. The number of carbonyl (C=O) groups excluding carboxylic acids is 9. The third-order valence-electron chi connectivity index (χ3n) is 10.3. The second-order valence-electron chi connectivity index (χ2n) is 17.9. The van der Waals surface area contributed by atoms with Crippen molar-refractivity contribution >= 4 is 59.1 Å². The first-order valence-corrected chi connectivity index (χ1v) is 22.3. The molecular formula is C44H72N10O14. The largest absolute Gasteiger partial charge is 0.480 e. The van der Waals surface area contributed by atoms with E-state index in [4.69, 9.17) is 11.5 Å². The highest BCUT2D eigenvalue weighted by Gasteiger charge is 2.37. The average Bonchev–Trinajstić information content (AvgIpc) is 3.24. The normalized spacial score (nSPS) is 16.2. The lowest BCUT2D eigenvalue weighted by atomic mass is 10.00. The quantitative estimate of drug-likeness (QED) is 0.0363. The van der Waals surface area contributed by atoms with Crippen LogP contribution in [0.1, 0.15) is 87.1 Å². The van der Waals surface area contributed by atoms with E-state index in [1.807, 2.05) is 0 Å². The molecule has 0 saturated carbocycles. The van der Waals surface area contributed by atoms with Gasteiger partial charge >= 0.3 is 5.97 Å². The molecule has 382 valence electrons. The van der Waals surface area contributed by atoms with Crippen LogP contribution in [0.2, 0.25) is 0 Å². The van der Waals surface area contributed by atoms with E-state index in [1.54, 1.807) is 58.0 Å². The molecule has 0 bridgehead atoms. The summed E-state index contributed by atoms with van der Waals surface area (Å²) < 4.78 is 0. The van der Waals surface area contributed by atoms with Gasteiger partial charge in [0.25, 0.3) is 0 Å². The number of carboxylic acids is 1. The number of aliphatic carboxylic acids is 1. The maximum atomic E-state index is 14.0. The molecule has 24 heteroatoms. The fourth-order valence-corrected chi connectivity index (χ4v) is 6.52. The van der Waals surface area contributed by atoms with Gasteiger partial charge in [-0.15, -0.1) is 0 Å². The standard InChI is InChI=1S/C44H72N10O14/c1-20(2)15-28(48-37(60)27(45)19-55)38(61)49-29(17-26-13-11-10-12-14-26)39(62)50-30(18-32(46)58)40(63)54-35(25(9)57)43(66)52-33(22(5)6)41(64)47-23(7)36(59)53-34(24(8)56)42(65)51-31(44(67)68)16-21(3)4/h10-14,20-25,27-31,33-35,55-57H,15-19,45H2,1-9H3,(H2,46,58)(H,47,64)(H,48,60)(H,49,61)(H,50,62)(H,51,65)(H,52,66)(H,53,59)(H,54,63)(H,67,68)/t23-,24+,25+,27-,28-,29-,30-,31-,33-,34-,35-/m0/s1. The molecule has 1 aromatic rings. The van der Waals surface area contributed by atoms with Crippen LogP contribution in [0.5, 0.6) is 0 Å². The summed E-state index contributed by atoms with van der Waals surface area (Å²) in [5, 5.41) is 58.9. The Balaban J connectivity index is 3.31. The van der Waals surface area contributed by atoms with Gasteiger partial charge in [-0.05, 0) is 56.9 Å². The second-order valence-corrected chi connectivity index (χ2v) is 17.9. The summed E-state index contributed by atoms with van der Waals surface area (Å²) in [6.45, 7) is 12.9. The summed E-state index contributed by atoms with van der Waals surface area (Å²) in [4.78, 5) is 131. The lowest BCUT2D eigenvalue weighted by Crippen LogP contribution is -2.63. The number of hydrogen-bond acceptors (Lipinski definition) is 14. The molecule has 1 aromatic carbocycles. The summed E-state index contributed by atoms with van der Waals surface area (Å²) >= 11 is 0. The fourth-order valence-electron chi connectivity index (χ4n) is 6.52. The highest BCUT2D eigenvalue weighted by molar-refractivity contribution is 5.99. The van der Waals surface area contributed by atoms with Gasteiger partial charge in [-0.3, -0.25) is 43.2 Å². The fraction of sp³-hybridized carbons (Fsp3) is 0.636. The van der Waals surface area contributed by atoms with Gasteiger partial charge in [0.1, 0.15) is 54.4 Å². The molecule has 0 fully saturated rings. The van der Waals surface area contributed by atoms with Crippen molar-refractivity contribution in [2.24, 2.45) is 29.2 Å². The number of aliphatic hydroxyl groups is 3. The van der Waals surface area contributed by atoms with Crippen LogP contribution in [0.4, 0.5) is 0 Å². The number of primary amides is 1. The van der Waals surface area contributed by atoms with Crippen molar-refractivity contribution in [3.05, 3.63) is 35.9 Å². The summed E-state index contributed by atoms with van der Waals surface area (Å²) in [6, 6.07) is -5.01. The molecule has 9 amide bonds. The number of nitrogens with one attached hydrogen (secondary N) is 8. The van der Waals surface area contributed by atoms with Gasteiger partial charge in [-0.2, -0.15) is 0 Å². The van der Waals surface area contributed by atoms with E-state index >= 15 is 0 Å². The predicted molar refractivity (Wildman–Crippen MR) is 245 cm³/mol. The molecule has 0 aliphatic carbocycles. The van der Waals surface area contributed by atoms with E-state index in [0.717, 1.165) is 6.92 Å². The van der Waals surface area contributed by atoms with E-state index in [2.05, 4.69) is 42.5 Å². The van der Waals surface area contributed by atoms with E-state index in [-0.39, 0.29) is 31.1 Å². The molecule has 0 saturated heterocycles. The lowest BCUT2D eigenvalue weighted by molar-refractivity contribution is -0.143.